The van der Waals surface area contributed by atoms with Gasteiger partial charge in [-0.3, -0.25) is 4.90 Å². The zero-order valence-electron chi connectivity index (χ0n) is 15.0. The Morgan fingerprint density at radius 1 is 1.08 bits per heavy atom. The standard InChI is InChI=1S/C21H24FN3O/c1-2-25-19-10-6-5-9-18(19)23-20(25)15-24-13-11-21(26,12-14-24)16-7-3-4-8-17(16)22/h3-10,26H,2,11-15H2,1H3. The van der Waals surface area contributed by atoms with Gasteiger partial charge in [-0.05, 0) is 38.0 Å². The van der Waals surface area contributed by atoms with Crippen LogP contribution in [0.4, 0.5) is 4.39 Å². The van der Waals surface area contributed by atoms with Gasteiger partial charge < -0.3 is 9.67 Å². The first kappa shape index (κ1) is 17.2. The van der Waals surface area contributed by atoms with E-state index in [0.29, 0.717) is 18.4 Å². The van der Waals surface area contributed by atoms with Crippen molar-refractivity contribution >= 4 is 11.0 Å². The molecule has 0 spiro atoms. The second kappa shape index (κ2) is 6.82. The summed E-state index contributed by atoms with van der Waals surface area (Å²) in [7, 11) is 0. The maximum absolute atomic E-state index is 14.1. The molecule has 5 heteroatoms. The van der Waals surface area contributed by atoms with Crippen molar-refractivity contribution in [2.75, 3.05) is 13.1 Å². The summed E-state index contributed by atoms with van der Waals surface area (Å²) in [6.07, 6.45) is 1.06. The number of piperidine rings is 1. The van der Waals surface area contributed by atoms with E-state index < -0.39 is 5.60 Å². The molecule has 0 saturated carbocycles. The third-order valence-corrected chi connectivity index (χ3v) is 5.47. The molecule has 4 nitrogen and oxygen atoms in total. The molecule has 2 heterocycles. The Morgan fingerprint density at radius 2 is 1.77 bits per heavy atom. The lowest BCUT2D eigenvalue weighted by molar-refractivity contribution is -0.0309. The van der Waals surface area contributed by atoms with Gasteiger partial charge in [-0.15, -0.1) is 0 Å². The summed E-state index contributed by atoms with van der Waals surface area (Å²) in [5, 5.41) is 10.9. The number of fused-ring (bicyclic) bond motifs is 1. The molecule has 1 aliphatic rings. The van der Waals surface area contributed by atoms with Gasteiger partial charge in [0.25, 0.3) is 0 Å². The monoisotopic (exact) mass is 353 g/mol. The molecule has 0 atom stereocenters. The van der Waals surface area contributed by atoms with Crippen molar-refractivity contribution in [3.63, 3.8) is 0 Å². The van der Waals surface area contributed by atoms with Gasteiger partial charge in [-0.25, -0.2) is 9.37 Å². The summed E-state index contributed by atoms with van der Waals surface area (Å²) in [6, 6.07) is 14.7. The molecule has 0 unspecified atom stereocenters. The Kier molecular flexibility index (Phi) is 4.51. The number of likely N-dealkylation sites (tertiary alicyclic amines) is 1. The van der Waals surface area contributed by atoms with Crippen LogP contribution in [0.1, 0.15) is 31.2 Å². The summed E-state index contributed by atoms with van der Waals surface area (Å²) in [6.45, 7) is 5.19. The van der Waals surface area contributed by atoms with Crippen LogP contribution in [-0.4, -0.2) is 32.6 Å². The first-order valence-electron chi connectivity index (χ1n) is 9.24. The van der Waals surface area contributed by atoms with Crippen LogP contribution >= 0.6 is 0 Å². The molecule has 26 heavy (non-hydrogen) atoms. The van der Waals surface area contributed by atoms with Gasteiger partial charge in [-0.2, -0.15) is 0 Å². The molecule has 1 aromatic heterocycles. The fraction of sp³-hybridized carbons (Fsp3) is 0.381. The highest BCUT2D eigenvalue weighted by atomic mass is 19.1. The molecular formula is C21H24FN3O. The fourth-order valence-corrected chi connectivity index (χ4v) is 3.99. The van der Waals surface area contributed by atoms with Crippen molar-refractivity contribution in [1.29, 1.82) is 0 Å². The van der Waals surface area contributed by atoms with Crippen molar-refractivity contribution in [3.05, 3.63) is 65.7 Å². The van der Waals surface area contributed by atoms with Gasteiger partial charge >= 0.3 is 0 Å². The lowest BCUT2D eigenvalue weighted by Crippen LogP contribution is -2.43. The summed E-state index contributed by atoms with van der Waals surface area (Å²) in [5.41, 5.74) is 1.52. The highest BCUT2D eigenvalue weighted by molar-refractivity contribution is 5.75. The minimum absolute atomic E-state index is 0.323. The number of benzene rings is 2. The van der Waals surface area contributed by atoms with E-state index in [1.807, 2.05) is 18.2 Å². The minimum Gasteiger partial charge on any atom is -0.385 e. The number of nitrogens with zero attached hydrogens (tertiary/aromatic N) is 3. The van der Waals surface area contributed by atoms with Gasteiger partial charge in [0, 0.05) is 25.2 Å². The number of rotatable bonds is 4. The molecule has 1 saturated heterocycles. The maximum atomic E-state index is 14.1. The van der Waals surface area contributed by atoms with Gasteiger partial charge in [-0.1, -0.05) is 30.3 Å². The Labute approximate surface area is 152 Å². The van der Waals surface area contributed by atoms with Gasteiger partial charge in [0.2, 0.25) is 0 Å². The lowest BCUT2D eigenvalue weighted by Gasteiger charge is -2.38. The molecule has 4 rings (SSSR count). The van der Waals surface area contributed by atoms with E-state index in [4.69, 9.17) is 4.98 Å². The topological polar surface area (TPSA) is 41.3 Å². The largest absolute Gasteiger partial charge is 0.385 e. The molecule has 1 N–H and O–H groups in total. The maximum Gasteiger partial charge on any atom is 0.129 e. The number of aliphatic hydroxyl groups is 1. The zero-order chi connectivity index (χ0) is 18.1. The van der Waals surface area contributed by atoms with Gasteiger partial charge in [0.05, 0.1) is 23.2 Å². The summed E-state index contributed by atoms with van der Waals surface area (Å²) in [5.74, 6) is 0.723. The quantitative estimate of drug-likeness (QED) is 0.778. The number of aromatic nitrogens is 2. The average Bonchev–Trinajstić information content (AvgIpc) is 3.01. The molecule has 0 radical (unpaired) electrons. The fourth-order valence-electron chi connectivity index (χ4n) is 3.99. The van der Waals surface area contributed by atoms with Crippen molar-refractivity contribution in [3.8, 4) is 0 Å². The number of para-hydroxylation sites is 2. The van der Waals surface area contributed by atoms with Crippen LogP contribution in [-0.2, 0) is 18.7 Å². The summed E-state index contributed by atoms with van der Waals surface area (Å²) in [4.78, 5) is 7.08. The Balaban J connectivity index is 1.50. The smallest absolute Gasteiger partial charge is 0.129 e. The molecule has 2 aromatic carbocycles. The van der Waals surface area contributed by atoms with Crippen LogP contribution in [0, 0.1) is 5.82 Å². The van der Waals surface area contributed by atoms with Crippen LogP contribution in [0.5, 0.6) is 0 Å². The van der Waals surface area contributed by atoms with E-state index >= 15 is 0 Å². The number of halogens is 1. The van der Waals surface area contributed by atoms with Crippen LogP contribution in [0.25, 0.3) is 11.0 Å². The second-order valence-corrected chi connectivity index (χ2v) is 7.05. The van der Waals surface area contributed by atoms with E-state index in [2.05, 4.69) is 22.5 Å². The summed E-state index contributed by atoms with van der Waals surface area (Å²) < 4.78 is 16.3. The van der Waals surface area contributed by atoms with Crippen molar-refractivity contribution in [2.24, 2.45) is 0 Å². The van der Waals surface area contributed by atoms with Crippen LogP contribution in [0.15, 0.2) is 48.5 Å². The highest BCUT2D eigenvalue weighted by Gasteiger charge is 2.36. The molecule has 3 aromatic rings. The molecule has 136 valence electrons. The summed E-state index contributed by atoms with van der Waals surface area (Å²) >= 11 is 0. The molecule has 1 aliphatic heterocycles. The number of hydrogen-bond donors (Lipinski definition) is 1. The highest BCUT2D eigenvalue weighted by Crippen LogP contribution is 2.34. The predicted octanol–water partition coefficient (Wildman–Crippen LogP) is 3.68. The number of hydrogen-bond acceptors (Lipinski definition) is 3. The average molecular weight is 353 g/mol. The molecule has 0 aliphatic carbocycles. The SMILES string of the molecule is CCn1c(CN2CCC(O)(c3ccccc3F)CC2)nc2ccccc21. The second-order valence-electron chi connectivity index (χ2n) is 7.05. The van der Waals surface area contributed by atoms with Gasteiger partial charge in [0.1, 0.15) is 11.6 Å². The Hall–Kier alpha value is -2.24. The van der Waals surface area contributed by atoms with E-state index in [1.165, 1.54) is 6.07 Å². The van der Waals surface area contributed by atoms with E-state index in [-0.39, 0.29) is 5.82 Å². The van der Waals surface area contributed by atoms with Gasteiger partial charge in [0.15, 0.2) is 0 Å². The zero-order valence-corrected chi connectivity index (χ0v) is 15.0. The lowest BCUT2D eigenvalue weighted by atomic mass is 9.84. The van der Waals surface area contributed by atoms with Crippen LogP contribution in [0.3, 0.4) is 0 Å². The van der Waals surface area contributed by atoms with E-state index in [1.54, 1.807) is 18.2 Å². The third-order valence-electron chi connectivity index (χ3n) is 5.47. The number of imidazole rings is 1. The van der Waals surface area contributed by atoms with Crippen molar-refractivity contribution < 1.29 is 9.50 Å². The van der Waals surface area contributed by atoms with E-state index in [0.717, 1.165) is 43.0 Å². The van der Waals surface area contributed by atoms with E-state index in [9.17, 15) is 9.50 Å². The first-order valence-corrected chi connectivity index (χ1v) is 9.24. The van der Waals surface area contributed by atoms with Crippen LogP contribution in [0.2, 0.25) is 0 Å². The third kappa shape index (κ3) is 3.02. The Morgan fingerprint density at radius 3 is 2.50 bits per heavy atom. The first-order chi connectivity index (χ1) is 12.6. The molecule has 0 amide bonds. The minimum atomic E-state index is -1.08. The Bertz CT molecular complexity index is 913. The van der Waals surface area contributed by atoms with Crippen molar-refractivity contribution in [2.45, 2.75) is 38.5 Å². The molecule has 0 bridgehead atoms. The molecule has 1 fully saturated rings. The number of aryl methyl sites for hydroxylation is 1. The van der Waals surface area contributed by atoms with Crippen LogP contribution < -0.4 is 0 Å². The normalized spacial score (nSPS) is 17.7. The van der Waals surface area contributed by atoms with Crippen molar-refractivity contribution in [1.82, 2.24) is 14.5 Å². The predicted molar refractivity (Wildman–Crippen MR) is 100 cm³/mol. The molecular weight excluding hydrogens is 329 g/mol.